The average Bonchev–Trinajstić information content (AvgIpc) is 3.13. The van der Waals surface area contributed by atoms with Crippen LogP contribution in [0.15, 0.2) is 34.9 Å². The van der Waals surface area contributed by atoms with Gasteiger partial charge in [0, 0.05) is 22.9 Å². The van der Waals surface area contributed by atoms with Crippen molar-refractivity contribution in [2.24, 2.45) is 0 Å². The number of methoxy groups -OCH3 is 1. The monoisotopic (exact) mass is 355 g/mol. The number of rotatable bonds is 7. The van der Waals surface area contributed by atoms with Gasteiger partial charge in [0.1, 0.15) is 0 Å². The molecule has 0 aliphatic rings. The van der Waals surface area contributed by atoms with Gasteiger partial charge < -0.3 is 18.7 Å². The summed E-state index contributed by atoms with van der Waals surface area (Å²) >= 11 is 0. The fourth-order valence-electron chi connectivity index (χ4n) is 2.51. The summed E-state index contributed by atoms with van der Waals surface area (Å²) in [6, 6.07) is 9.19. The SMILES string of the molecule is CCOc1ccc(-c2nc(-c3cc(C)nc(OC)c3)no2)cc1OCC. The van der Waals surface area contributed by atoms with Crippen molar-refractivity contribution in [1.82, 2.24) is 15.1 Å². The van der Waals surface area contributed by atoms with Gasteiger partial charge in [-0.3, -0.25) is 0 Å². The van der Waals surface area contributed by atoms with Gasteiger partial charge in [0.15, 0.2) is 11.5 Å². The maximum Gasteiger partial charge on any atom is 0.258 e. The standard InChI is InChI=1S/C19H21N3O4/c1-5-24-15-8-7-13(10-16(15)25-6-2)19-21-18(22-26-19)14-9-12(3)20-17(11-14)23-4/h7-11H,5-6H2,1-4H3. The van der Waals surface area contributed by atoms with Crippen LogP contribution in [0, 0.1) is 6.92 Å². The van der Waals surface area contributed by atoms with E-state index in [0.29, 0.717) is 42.3 Å². The number of pyridine rings is 1. The molecule has 1 aromatic carbocycles. The van der Waals surface area contributed by atoms with Crippen LogP contribution < -0.4 is 14.2 Å². The first kappa shape index (κ1) is 17.7. The van der Waals surface area contributed by atoms with Crippen LogP contribution in [0.2, 0.25) is 0 Å². The van der Waals surface area contributed by atoms with Gasteiger partial charge in [-0.1, -0.05) is 5.16 Å². The van der Waals surface area contributed by atoms with Gasteiger partial charge in [0.05, 0.1) is 20.3 Å². The van der Waals surface area contributed by atoms with Crippen LogP contribution in [0.4, 0.5) is 0 Å². The third-order valence-corrected chi connectivity index (χ3v) is 3.61. The maximum atomic E-state index is 5.65. The Morgan fingerprint density at radius 3 is 2.42 bits per heavy atom. The van der Waals surface area contributed by atoms with Crippen LogP contribution in [-0.2, 0) is 0 Å². The van der Waals surface area contributed by atoms with Crippen molar-refractivity contribution in [3.05, 3.63) is 36.0 Å². The molecule has 0 saturated heterocycles. The van der Waals surface area contributed by atoms with E-state index in [2.05, 4.69) is 15.1 Å². The van der Waals surface area contributed by atoms with Crippen LogP contribution in [0.3, 0.4) is 0 Å². The Kier molecular flexibility index (Phi) is 5.36. The van der Waals surface area contributed by atoms with E-state index >= 15 is 0 Å². The number of hydrogen-bond acceptors (Lipinski definition) is 7. The van der Waals surface area contributed by atoms with Gasteiger partial charge in [-0.25, -0.2) is 4.98 Å². The van der Waals surface area contributed by atoms with Gasteiger partial charge >= 0.3 is 0 Å². The molecule has 7 heteroatoms. The second-order valence-electron chi connectivity index (χ2n) is 5.49. The van der Waals surface area contributed by atoms with Crippen molar-refractivity contribution in [3.63, 3.8) is 0 Å². The van der Waals surface area contributed by atoms with Gasteiger partial charge in [-0.15, -0.1) is 0 Å². The van der Waals surface area contributed by atoms with Crippen LogP contribution in [0.25, 0.3) is 22.8 Å². The Balaban J connectivity index is 1.94. The smallest absolute Gasteiger partial charge is 0.258 e. The molecule has 0 spiro atoms. The molecule has 2 heterocycles. The quantitative estimate of drug-likeness (QED) is 0.635. The largest absolute Gasteiger partial charge is 0.490 e. The lowest BCUT2D eigenvalue weighted by Gasteiger charge is -2.11. The highest BCUT2D eigenvalue weighted by molar-refractivity contribution is 5.63. The summed E-state index contributed by atoms with van der Waals surface area (Å²) in [6.45, 7) is 6.83. The number of benzene rings is 1. The number of ether oxygens (including phenoxy) is 3. The Morgan fingerprint density at radius 2 is 1.69 bits per heavy atom. The van der Waals surface area contributed by atoms with Crippen molar-refractivity contribution in [2.45, 2.75) is 20.8 Å². The van der Waals surface area contributed by atoms with Crippen LogP contribution in [-0.4, -0.2) is 35.4 Å². The molecular formula is C19H21N3O4. The van der Waals surface area contributed by atoms with Gasteiger partial charge in [-0.2, -0.15) is 4.98 Å². The molecule has 0 radical (unpaired) electrons. The van der Waals surface area contributed by atoms with E-state index < -0.39 is 0 Å². The normalized spacial score (nSPS) is 10.6. The highest BCUT2D eigenvalue weighted by atomic mass is 16.5. The predicted molar refractivity (Wildman–Crippen MR) is 96.6 cm³/mol. The molecule has 0 saturated carbocycles. The zero-order valence-electron chi connectivity index (χ0n) is 15.3. The van der Waals surface area contributed by atoms with Crippen molar-refractivity contribution in [1.29, 1.82) is 0 Å². The van der Waals surface area contributed by atoms with Crippen LogP contribution >= 0.6 is 0 Å². The lowest BCUT2D eigenvalue weighted by Crippen LogP contribution is -1.98. The van der Waals surface area contributed by atoms with Crippen molar-refractivity contribution < 1.29 is 18.7 Å². The molecule has 0 aliphatic heterocycles. The van der Waals surface area contributed by atoms with Gasteiger partial charge in [-0.05, 0) is 45.0 Å². The average molecular weight is 355 g/mol. The molecule has 0 N–H and O–H groups in total. The van der Waals surface area contributed by atoms with Crippen molar-refractivity contribution in [3.8, 4) is 40.2 Å². The minimum atomic E-state index is 0.400. The Bertz CT molecular complexity index is 892. The molecule has 26 heavy (non-hydrogen) atoms. The molecule has 136 valence electrons. The Labute approximate surface area is 151 Å². The molecule has 3 rings (SSSR count). The minimum Gasteiger partial charge on any atom is -0.490 e. The number of aromatic nitrogens is 3. The summed E-state index contributed by atoms with van der Waals surface area (Å²) in [5.74, 6) is 2.71. The Hall–Kier alpha value is -3.09. The van der Waals surface area contributed by atoms with E-state index in [1.165, 1.54) is 0 Å². The summed E-state index contributed by atoms with van der Waals surface area (Å²) in [4.78, 5) is 8.75. The van der Waals surface area contributed by atoms with Gasteiger partial charge in [0.25, 0.3) is 5.89 Å². The van der Waals surface area contributed by atoms with E-state index in [4.69, 9.17) is 18.7 Å². The molecule has 0 bridgehead atoms. The first-order chi connectivity index (χ1) is 12.6. The van der Waals surface area contributed by atoms with Crippen LogP contribution in [0.5, 0.6) is 17.4 Å². The molecular weight excluding hydrogens is 334 g/mol. The van der Waals surface area contributed by atoms with E-state index in [1.807, 2.05) is 45.0 Å². The first-order valence-electron chi connectivity index (χ1n) is 8.41. The topological polar surface area (TPSA) is 79.5 Å². The van der Waals surface area contributed by atoms with Crippen molar-refractivity contribution >= 4 is 0 Å². The first-order valence-corrected chi connectivity index (χ1v) is 8.41. The fraction of sp³-hybridized carbons (Fsp3) is 0.316. The molecule has 7 nitrogen and oxygen atoms in total. The molecule has 2 aromatic heterocycles. The zero-order valence-corrected chi connectivity index (χ0v) is 15.3. The summed E-state index contributed by atoms with van der Waals surface area (Å²) in [5, 5.41) is 4.07. The van der Waals surface area contributed by atoms with E-state index in [1.54, 1.807) is 13.2 Å². The third-order valence-electron chi connectivity index (χ3n) is 3.61. The second kappa shape index (κ2) is 7.86. The highest BCUT2D eigenvalue weighted by Crippen LogP contribution is 2.33. The summed E-state index contributed by atoms with van der Waals surface area (Å²) in [7, 11) is 1.57. The molecule has 0 amide bonds. The predicted octanol–water partition coefficient (Wildman–Crippen LogP) is 3.91. The van der Waals surface area contributed by atoms with Crippen LogP contribution in [0.1, 0.15) is 19.5 Å². The molecule has 0 unspecified atom stereocenters. The molecule has 0 aliphatic carbocycles. The van der Waals surface area contributed by atoms with Crippen molar-refractivity contribution in [2.75, 3.05) is 20.3 Å². The minimum absolute atomic E-state index is 0.400. The molecule has 0 atom stereocenters. The summed E-state index contributed by atoms with van der Waals surface area (Å²) in [5.41, 5.74) is 2.35. The molecule has 0 fully saturated rings. The number of aryl methyl sites for hydroxylation is 1. The number of hydrogen-bond donors (Lipinski definition) is 0. The summed E-state index contributed by atoms with van der Waals surface area (Å²) in [6.07, 6.45) is 0. The highest BCUT2D eigenvalue weighted by Gasteiger charge is 2.15. The van der Waals surface area contributed by atoms with E-state index in [9.17, 15) is 0 Å². The number of nitrogens with zero attached hydrogens (tertiary/aromatic N) is 3. The Morgan fingerprint density at radius 1 is 0.923 bits per heavy atom. The lowest BCUT2D eigenvalue weighted by atomic mass is 10.2. The zero-order chi connectivity index (χ0) is 18.5. The third kappa shape index (κ3) is 3.77. The van der Waals surface area contributed by atoms with E-state index in [0.717, 1.165) is 16.8 Å². The second-order valence-corrected chi connectivity index (χ2v) is 5.49. The fourth-order valence-corrected chi connectivity index (χ4v) is 2.51. The van der Waals surface area contributed by atoms with Gasteiger partial charge in [0.2, 0.25) is 11.7 Å². The lowest BCUT2D eigenvalue weighted by molar-refractivity contribution is 0.288. The maximum absolute atomic E-state index is 5.65. The molecule has 3 aromatic rings. The summed E-state index contributed by atoms with van der Waals surface area (Å²) < 4.78 is 21.9. The van der Waals surface area contributed by atoms with E-state index in [-0.39, 0.29) is 0 Å².